The molecule has 0 aromatic heterocycles. The Morgan fingerprint density at radius 1 is 1.38 bits per heavy atom. The van der Waals surface area contributed by atoms with Gasteiger partial charge in [-0.25, -0.2) is 13.2 Å². The third kappa shape index (κ3) is 3.77. The lowest BCUT2D eigenvalue weighted by Gasteiger charge is -2.17. The Hall–Kier alpha value is -0.590. The molecule has 0 aliphatic rings. The molecule has 0 heterocycles. The molecule has 6 heteroatoms. The number of hydrogen-bond donors (Lipinski definition) is 2. The maximum atomic E-state index is 13.0. The van der Waals surface area contributed by atoms with Gasteiger partial charge in [0.05, 0.1) is 11.0 Å². The summed E-state index contributed by atoms with van der Waals surface area (Å²) in [5, 5.41) is 2.61. The highest BCUT2D eigenvalue weighted by Crippen LogP contribution is 2.21. The number of nitrogens with one attached hydrogen (secondary N) is 1. The predicted molar refractivity (Wildman–Crippen MR) is 59.9 cm³/mol. The van der Waals surface area contributed by atoms with Crippen molar-refractivity contribution >= 4 is 15.9 Å². The molecular formula is C10H12BrF3N2. The monoisotopic (exact) mass is 296 g/mol. The van der Waals surface area contributed by atoms with E-state index in [1.165, 1.54) is 18.2 Å². The number of hydrogen-bond acceptors (Lipinski definition) is 2. The zero-order chi connectivity index (χ0) is 12.1. The Balaban J connectivity index is 2.74. The van der Waals surface area contributed by atoms with Crippen molar-refractivity contribution in [3.05, 3.63) is 34.1 Å². The summed E-state index contributed by atoms with van der Waals surface area (Å²) in [6.45, 7) is -0.262. The minimum Gasteiger partial charge on any atom is -0.329 e. The second kappa shape index (κ2) is 6.22. The van der Waals surface area contributed by atoms with E-state index in [9.17, 15) is 13.2 Å². The molecule has 0 spiro atoms. The lowest BCUT2D eigenvalue weighted by molar-refractivity contribution is 0.141. The first-order valence-corrected chi connectivity index (χ1v) is 5.50. The molecule has 0 bridgehead atoms. The number of halogens is 4. The molecule has 90 valence electrons. The smallest absolute Gasteiger partial charge is 0.250 e. The van der Waals surface area contributed by atoms with E-state index in [1.54, 1.807) is 0 Å². The van der Waals surface area contributed by atoms with Crippen LogP contribution in [0, 0.1) is 5.82 Å². The number of alkyl halides is 2. The predicted octanol–water partition coefficient (Wildman–Crippen LogP) is 2.44. The molecule has 1 aromatic rings. The molecule has 16 heavy (non-hydrogen) atoms. The van der Waals surface area contributed by atoms with Crippen LogP contribution >= 0.6 is 15.9 Å². The molecule has 1 atom stereocenters. The summed E-state index contributed by atoms with van der Waals surface area (Å²) in [6, 6.07) is 3.93. The van der Waals surface area contributed by atoms with Crippen molar-refractivity contribution < 1.29 is 13.2 Å². The first-order valence-electron chi connectivity index (χ1n) is 4.71. The highest BCUT2D eigenvalue weighted by atomic mass is 79.9. The van der Waals surface area contributed by atoms with Crippen molar-refractivity contribution in [1.29, 1.82) is 0 Å². The minimum absolute atomic E-state index is 0.171. The fourth-order valence-corrected chi connectivity index (χ4v) is 1.69. The van der Waals surface area contributed by atoms with Gasteiger partial charge in [-0.15, -0.1) is 0 Å². The van der Waals surface area contributed by atoms with Crippen LogP contribution in [0.25, 0.3) is 0 Å². The summed E-state index contributed by atoms with van der Waals surface area (Å²) in [7, 11) is 0. The maximum absolute atomic E-state index is 13.0. The topological polar surface area (TPSA) is 38.0 Å². The van der Waals surface area contributed by atoms with E-state index in [0.29, 0.717) is 10.0 Å². The Bertz CT molecular complexity index is 347. The van der Waals surface area contributed by atoms with Crippen LogP contribution < -0.4 is 11.1 Å². The zero-order valence-electron chi connectivity index (χ0n) is 8.39. The second-order valence-corrected chi connectivity index (χ2v) is 4.12. The van der Waals surface area contributed by atoms with Gasteiger partial charge in [-0.3, -0.25) is 0 Å². The van der Waals surface area contributed by atoms with Crippen molar-refractivity contribution in [2.75, 3.05) is 13.1 Å². The Labute approximate surface area is 100 Å². The fraction of sp³-hybridized carbons (Fsp3) is 0.400. The van der Waals surface area contributed by atoms with Crippen molar-refractivity contribution in [3.63, 3.8) is 0 Å². The first-order chi connectivity index (χ1) is 7.54. The molecule has 0 fully saturated rings. The van der Waals surface area contributed by atoms with Crippen molar-refractivity contribution in [2.45, 2.75) is 12.5 Å². The van der Waals surface area contributed by atoms with E-state index in [0.717, 1.165) is 0 Å². The molecule has 2 nitrogen and oxygen atoms in total. The summed E-state index contributed by atoms with van der Waals surface area (Å²) < 4.78 is 37.3. The third-order valence-electron chi connectivity index (χ3n) is 2.10. The van der Waals surface area contributed by atoms with E-state index >= 15 is 0 Å². The lowest BCUT2D eigenvalue weighted by Crippen LogP contribution is -2.31. The summed E-state index contributed by atoms with van der Waals surface area (Å²) in [6.07, 6.45) is -2.43. The van der Waals surface area contributed by atoms with Gasteiger partial charge >= 0.3 is 0 Å². The summed E-state index contributed by atoms with van der Waals surface area (Å²) >= 11 is 3.03. The summed E-state index contributed by atoms with van der Waals surface area (Å²) in [5.41, 5.74) is 6.14. The van der Waals surface area contributed by atoms with Gasteiger partial charge in [-0.1, -0.05) is 6.07 Å². The Morgan fingerprint density at radius 3 is 2.56 bits per heavy atom. The highest BCUT2D eigenvalue weighted by Gasteiger charge is 2.13. The van der Waals surface area contributed by atoms with Gasteiger partial charge in [-0.05, 0) is 33.6 Å². The standard InChI is InChI=1S/C10H12BrF3N2/c11-7-3-6(1-2-8(7)12)9(4-15)16-5-10(13)14/h1-3,9-10,16H,4-5,15H2. The van der Waals surface area contributed by atoms with Crippen LogP contribution in [0.4, 0.5) is 13.2 Å². The van der Waals surface area contributed by atoms with E-state index in [1.807, 2.05) is 0 Å². The second-order valence-electron chi connectivity index (χ2n) is 3.26. The number of nitrogens with two attached hydrogens (primary N) is 1. The van der Waals surface area contributed by atoms with Crippen LogP contribution in [0.5, 0.6) is 0 Å². The van der Waals surface area contributed by atoms with Crippen LogP contribution in [0.3, 0.4) is 0 Å². The normalized spacial score (nSPS) is 13.1. The summed E-state index contributed by atoms with van der Waals surface area (Å²) in [4.78, 5) is 0. The van der Waals surface area contributed by atoms with Gasteiger partial charge < -0.3 is 11.1 Å². The molecule has 1 rings (SSSR count). The Morgan fingerprint density at radius 2 is 2.06 bits per heavy atom. The van der Waals surface area contributed by atoms with Crippen LogP contribution in [0.2, 0.25) is 0 Å². The Kier molecular flexibility index (Phi) is 5.24. The molecular weight excluding hydrogens is 285 g/mol. The molecule has 0 saturated carbocycles. The third-order valence-corrected chi connectivity index (χ3v) is 2.71. The first kappa shape index (κ1) is 13.5. The van der Waals surface area contributed by atoms with Gasteiger partial charge in [0, 0.05) is 12.6 Å². The van der Waals surface area contributed by atoms with Gasteiger partial charge in [0.15, 0.2) is 0 Å². The van der Waals surface area contributed by atoms with E-state index in [4.69, 9.17) is 5.73 Å². The van der Waals surface area contributed by atoms with Crippen LogP contribution in [-0.2, 0) is 0 Å². The zero-order valence-corrected chi connectivity index (χ0v) is 9.98. The fourth-order valence-electron chi connectivity index (χ4n) is 1.30. The highest BCUT2D eigenvalue weighted by molar-refractivity contribution is 9.10. The van der Waals surface area contributed by atoms with Crippen LogP contribution in [0.1, 0.15) is 11.6 Å². The lowest BCUT2D eigenvalue weighted by atomic mass is 10.1. The largest absolute Gasteiger partial charge is 0.329 e. The molecule has 0 saturated heterocycles. The molecule has 1 unspecified atom stereocenters. The SMILES string of the molecule is NCC(NCC(F)F)c1ccc(F)c(Br)c1. The van der Waals surface area contributed by atoms with Crippen LogP contribution in [-0.4, -0.2) is 19.5 Å². The van der Waals surface area contributed by atoms with Crippen molar-refractivity contribution in [3.8, 4) is 0 Å². The van der Waals surface area contributed by atoms with Gasteiger partial charge in [0.25, 0.3) is 6.43 Å². The van der Waals surface area contributed by atoms with Gasteiger partial charge in [0.2, 0.25) is 0 Å². The van der Waals surface area contributed by atoms with E-state index in [-0.39, 0.29) is 6.54 Å². The molecule has 1 aromatic carbocycles. The van der Waals surface area contributed by atoms with Gasteiger partial charge in [-0.2, -0.15) is 0 Å². The molecule has 3 N–H and O–H groups in total. The van der Waals surface area contributed by atoms with Crippen LogP contribution in [0.15, 0.2) is 22.7 Å². The van der Waals surface area contributed by atoms with Gasteiger partial charge in [0.1, 0.15) is 5.82 Å². The average molecular weight is 297 g/mol. The average Bonchev–Trinajstić information content (AvgIpc) is 2.23. The number of rotatable bonds is 5. The molecule has 0 amide bonds. The van der Waals surface area contributed by atoms with Crippen molar-refractivity contribution in [1.82, 2.24) is 5.32 Å². The van der Waals surface area contributed by atoms with Crippen molar-refractivity contribution in [2.24, 2.45) is 5.73 Å². The maximum Gasteiger partial charge on any atom is 0.250 e. The minimum atomic E-state index is -2.43. The molecule has 0 radical (unpaired) electrons. The van der Waals surface area contributed by atoms with E-state index < -0.39 is 24.8 Å². The molecule has 0 aliphatic heterocycles. The molecule has 0 aliphatic carbocycles. The quantitative estimate of drug-likeness (QED) is 0.876. The summed E-state index contributed by atoms with van der Waals surface area (Å²) in [5.74, 6) is -0.395. The van der Waals surface area contributed by atoms with E-state index in [2.05, 4.69) is 21.2 Å². The number of benzene rings is 1.